The first-order valence-corrected chi connectivity index (χ1v) is 7.09. The van der Waals surface area contributed by atoms with E-state index in [0.29, 0.717) is 18.7 Å². The summed E-state index contributed by atoms with van der Waals surface area (Å²) in [6.45, 7) is 2.71. The van der Waals surface area contributed by atoms with Gasteiger partial charge >= 0.3 is 5.97 Å². The highest BCUT2D eigenvalue weighted by molar-refractivity contribution is 5.88. The predicted molar refractivity (Wildman–Crippen MR) is 77.7 cm³/mol. The van der Waals surface area contributed by atoms with Crippen LogP contribution >= 0.6 is 0 Å². The van der Waals surface area contributed by atoms with E-state index in [2.05, 4.69) is 9.72 Å². The summed E-state index contributed by atoms with van der Waals surface area (Å²) in [5.74, 6) is -0.229. The fourth-order valence-electron chi connectivity index (χ4n) is 2.39. The number of esters is 1. The maximum Gasteiger partial charge on any atom is 0.339 e. The van der Waals surface area contributed by atoms with Gasteiger partial charge in [-0.2, -0.15) is 0 Å². The van der Waals surface area contributed by atoms with Crippen molar-refractivity contribution >= 4 is 11.9 Å². The van der Waals surface area contributed by atoms with Crippen LogP contribution in [0, 0.1) is 0 Å². The van der Waals surface area contributed by atoms with Gasteiger partial charge in [0.1, 0.15) is 0 Å². The molecule has 0 atom stereocenters. The lowest BCUT2D eigenvalue weighted by atomic mass is 10.2. The molecule has 2 heterocycles. The van der Waals surface area contributed by atoms with E-state index in [1.807, 2.05) is 16.8 Å². The summed E-state index contributed by atoms with van der Waals surface area (Å²) in [6, 6.07) is 3.47. The number of aromatic nitrogens is 1. The molecule has 1 aliphatic rings. The van der Waals surface area contributed by atoms with Crippen LogP contribution in [0.3, 0.4) is 0 Å². The molecule has 21 heavy (non-hydrogen) atoms. The summed E-state index contributed by atoms with van der Waals surface area (Å²) in [5.41, 5.74) is 1.25. The zero-order valence-corrected chi connectivity index (χ0v) is 12.5. The molecule has 114 valence electrons. The zero-order valence-electron chi connectivity index (χ0n) is 12.5. The molecule has 1 aromatic rings. The van der Waals surface area contributed by atoms with Crippen LogP contribution < -0.4 is 0 Å². The number of nitrogens with zero attached hydrogens (tertiary/aromatic N) is 3. The van der Waals surface area contributed by atoms with Gasteiger partial charge in [-0.3, -0.25) is 14.7 Å². The van der Waals surface area contributed by atoms with Gasteiger partial charge in [0.25, 0.3) is 0 Å². The van der Waals surface area contributed by atoms with E-state index in [9.17, 15) is 9.59 Å². The average Bonchev–Trinajstić information content (AvgIpc) is 3.01. The molecule has 1 fully saturated rings. The topological polar surface area (TPSA) is 62.7 Å². The number of methoxy groups -OCH3 is 1. The summed E-state index contributed by atoms with van der Waals surface area (Å²) in [5, 5.41) is 0. The molecule has 0 N–H and O–H groups in total. The first-order valence-electron chi connectivity index (χ1n) is 7.09. The van der Waals surface area contributed by atoms with Crippen molar-refractivity contribution in [3.05, 3.63) is 29.6 Å². The monoisotopic (exact) mass is 291 g/mol. The first-order chi connectivity index (χ1) is 10.1. The van der Waals surface area contributed by atoms with Crippen molar-refractivity contribution in [1.82, 2.24) is 14.8 Å². The third kappa shape index (κ3) is 4.26. The Morgan fingerprint density at radius 3 is 2.62 bits per heavy atom. The van der Waals surface area contributed by atoms with Gasteiger partial charge < -0.3 is 9.64 Å². The molecule has 1 aliphatic heterocycles. The molecular formula is C15H21N3O3. The fourth-order valence-corrected chi connectivity index (χ4v) is 2.39. The van der Waals surface area contributed by atoms with Crippen LogP contribution in [0.1, 0.15) is 28.9 Å². The number of hydrogen-bond acceptors (Lipinski definition) is 5. The molecule has 0 bridgehead atoms. The lowest BCUT2D eigenvalue weighted by Gasteiger charge is -2.20. The van der Waals surface area contributed by atoms with Crippen molar-refractivity contribution in [1.29, 1.82) is 0 Å². The van der Waals surface area contributed by atoms with Crippen LogP contribution in [0.2, 0.25) is 0 Å². The number of rotatable bonds is 5. The normalized spacial score (nSPS) is 14.5. The molecule has 1 aromatic heterocycles. The minimum absolute atomic E-state index is 0.168. The van der Waals surface area contributed by atoms with E-state index in [1.54, 1.807) is 12.1 Å². The fraction of sp³-hybridized carbons (Fsp3) is 0.533. The molecule has 6 heteroatoms. The number of likely N-dealkylation sites (N-methyl/N-ethyl adjacent to an activating group) is 1. The third-order valence-electron chi connectivity index (χ3n) is 3.54. The Kier molecular flexibility index (Phi) is 5.27. The number of pyridine rings is 1. The van der Waals surface area contributed by atoms with E-state index in [4.69, 9.17) is 0 Å². The highest BCUT2D eigenvalue weighted by Crippen LogP contribution is 2.09. The van der Waals surface area contributed by atoms with Gasteiger partial charge in [-0.1, -0.05) is 0 Å². The highest BCUT2D eigenvalue weighted by atomic mass is 16.5. The van der Waals surface area contributed by atoms with Crippen LogP contribution in [0.25, 0.3) is 0 Å². The van der Waals surface area contributed by atoms with Gasteiger partial charge in [-0.05, 0) is 32.0 Å². The van der Waals surface area contributed by atoms with Crippen LogP contribution in [-0.2, 0) is 16.1 Å². The van der Waals surface area contributed by atoms with Crippen molar-refractivity contribution in [2.75, 3.05) is 33.8 Å². The Hall–Kier alpha value is -1.95. The van der Waals surface area contributed by atoms with Crippen LogP contribution in [0.4, 0.5) is 0 Å². The molecular weight excluding hydrogens is 270 g/mol. The van der Waals surface area contributed by atoms with Gasteiger partial charge in [-0.15, -0.1) is 0 Å². The van der Waals surface area contributed by atoms with Crippen molar-refractivity contribution in [2.24, 2.45) is 0 Å². The molecule has 0 saturated carbocycles. The second-order valence-corrected chi connectivity index (χ2v) is 5.29. The van der Waals surface area contributed by atoms with Crippen molar-refractivity contribution in [3.8, 4) is 0 Å². The summed E-state index contributed by atoms with van der Waals surface area (Å²) in [4.78, 5) is 31.4. The number of hydrogen-bond donors (Lipinski definition) is 0. The number of carbonyl (C=O) groups excluding carboxylic acids is 2. The smallest absolute Gasteiger partial charge is 0.339 e. The van der Waals surface area contributed by atoms with Gasteiger partial charge in [0.15, 0.2) is 0 Å². The maximum absolute atomic E-state index is 12.0. The highest BCUT2D eigenvalue weighted by Gasteiger charge is 2.19. The van der Waals surface area contributed by atoms with Crippen molar-refractivity contribution < 1.29 is 14.3 Å². The van der Waals surface area contributed by atoms with Crippen LogP contribution in [-0.4, -0.2) is 60.5 Å². The van der Waals surface area contributed by atoms with E-state index in [1.165, 1.54) is 13.3 Å². The predicted octanol–water partition coefficient (Wildman–Crippen LogP) is 0.922. The summed E-state index contributed by atoms with van der Waals surface area (Å²) >= 11 is 0. The largest absolute Gasteiger partial charge is 0.465 e. The lowest BCUT2D eigenvalue weighted by Crippen LogP contribution is -2.37. The molecule has 0 aliphatic carbocycles. The molecule has 0 radical (unpaired) electrons. The SMILES string of the molecule is COC(=O)c1ccc(CN(C)CC(=O)N2CCCC2)nc1. The molecule has 2 rings (SSSR count). The molecule has 0 aromatic carbocycles. The van der Waals surface area contributed by atoms with Gasteiger partial charge in [0.2, 0.25) is 5.91 Å². The number of amides is 1. The summed E-state index contributed by atoms with van der Waals surface area (Å²) in [6.07, 6.45) is 3.70. The number of ether oxygens (including phenoxy) is 1. The molecule has 0 unspecified atom stereocenters. The Balaban J connectivity index is 1.85. The third-order valence-corrected chi connectivity index (χ3v) is 3.54. The maximum atomic E-state index is 12.0. The average molecular weight is 291 g/mol. The Labute approximate surface area is 124 Å². The van der Waals surface area contributed by atoms with E-state index >= 15 is 0 Å². The van der Waals surface area contributed by atoms with E-state index in [0.717, 1.165) is 31.6 Å². The van der Waals surface area contributed by atoms with Crippen molar-refractivity contribution in [3.63, 3.8) is 0 Å². The molecule has 1 saturated heterocycles. The lowest BCUT2D eigenvalue weighted by molar-refractivity contribution is -0.131. The standard InChI is InChI=1S/C15H21N3O3/c1-17(11-14(19)18-7-3-4-8-18)10-13-6-5-12(9-16-13)15(20)21-2/h5-6,9H,3-4,7-8,10-11H2,1-2H3. The van der Waals surface area contributed by atoms with Crippen LogP contribution in [0.5, 0.6) is 0 Å². The van der Waals surface area contributed by atoms with Crippen molar-refractivity contribution in [2.45, 2.75) is 19.4 Å². The Bertz CT molecular complexity index is 495. The van der Waals surface area contributed by atoms with Gasteiger partial charge in [-0.25, -0.2) is 4.79 Å². The van der Waals surface area contributed by atoms with Gasteiger partial charge in [0, 0.05) is 25.8 Å². The molecule has 6 nitrogen and oxygen atoms in total. The first kappa shape index (κ1) is 15.4. The second-order valence-electron chi connectivity index (χ2n) is 5.29. The minimum Gasteiger partial charge on any atom is -0.465 e. The Morgan fingerprint density at radius 1 is 1.33 bits per heavy atom. The zero-order chi connectivity index (χ0) is 15.2. The second kappa shape index (κ2) is 7.17. The van der Waals surface area contributed by atoms with E-state index < -0.39 is 5.97 Å². The quantitative estimate of drug-likeness (QED) is 0.755. The molecule has 1 amide bonds. The van der Waals surface area contributed by atoms with Gasteiger partial charge in [0.05, 0.1) is 24.9 Å². The summed E-state index contributed by atoms with van der Waals surface area (Å²) in [7, 11) is 3.23. The van der Waals surface area contributed by atoms with E-state index in [-0.39, 0.29) is 5.91 Å². The Morgan fingerprint density at radius 2 is 2.05 bits per heavy atom. The number of carbonyl (C=O) groups is 2. The van der Waals surface area contributed by atoms with Crippen LogP contribution in [0.15, 0.2) is 18.3 Å². The minimum atomic E-state index is -0.397. The summed E-state index contributed by atoms with van der Waals surface area (Å²) < 4.78 is 4.63. The number of likely N-dealkylation sites (tertiary alicyclic amines) is 1. The molecule has 0 spiro atoms.